The van der Waals surface area contributed by atoms with Crippen molar-refractivity contribution in [3.63, 3.8) is 0 Å². The van der Waals surface area contributed by atoms with Crippen LogP contribution in [0.4, 0.5) is 0 Å². The Morgan fingerprint density at radius 2 is 1.58 bits per heavy atom. The van der Waals surface area contributed by atoms with Crippen molar-refractivity contribution in [1.82, 2.24) is 0 Å². The lowest BCUT2D eigenvalue weighted by atomic mass is 10.2. The predicted molar refractivity (Wildman–Crippen MR) is 85.2 cm³/mol. The van der Waals surface area contributed by atoms with Gasteiger partial charge in [-0.3, -0.25) is 0 Å². The van der Waals surface area contributed by atoms with Gasteiger partial charge in [-0.25, -0.2) is 0 Å². The second-order valence-electron chi connectivity index (χ2n) is 1.99. The highest BCUT2D eigenvalue weighted by Gasteiger charge is 2.09. The molecule has 12 heavy (non-hydrogen) atoms. The van der Waals surface area contributed by atoms with Gasteiger partial charge in [0.1, 0.15) is 0 Å². The summed E-state index contributed by atoms with van der Waals surface area (Å²) >= 11 is 9.26. The molecule has 62 valence electrons. The van der Waals surface area contributed by atoms with Crippen molar-refractivity contribution in [2.75, 3.05) is 0 Å². The average molecular weight is 606 g/mol. The van der Waals surface area contributed by atoms with Crippen LogP contribution in [0.1, 0.15) is 5.56 Å². The lowest BCUT2D eigenvalue weighted by molar-refractivity contribution is 1.45. The normalized spacial score (nSPS) is 9.58. The molecule has 1 rings (SSSR count). The zero-order chi connectivity index (χ0) is 9.30. The van der Waals surface area contributed by atoms with Crippen molar-refractivity contribution in [3.8, 4) is 12.3 Å². The molecule has 0 unspecified atom stereocenters. The van der Waals surface area contributed by atoms with E-state index in [4.69, 9.17) is 6.42 Å². The van der Waals surface area contributed by atoms with Gasteiger partial charge in [0.15, 0.2) is 0 Å². The maximum Gasteiger partial charge on any atom is 0.0431 e. The second kappa shape index (κ2) is 4.97. The van der Waals surface area contributed by atoms with E-state index in [0.717, 1.165) is 5.56 Å². The van der Waals surface area contributed by atoms with Crippen LogP contribution in [0.2, 0.25) is 0 Å². The molecule has 0 aliphatic carbocycles. The van der Waals surface area contributed by atoms with Crippen molar-refractivity contribution in [2.45, 2.75) is 0 Å². The van der Waals surface area contributed by atoms with Crippen LogP contribution in [0.15, 0.2) is 6.07 Å². The van der Waals surface area contributed by atoms with E-state index >= 15 is 0 Å². The fourth-order valence-corrected chi connectivity index (χ4v) is 3.88. The molecule has 0 aromatic heterocycles. The Labute approximate surface area is 126 Å². The molecule has 0 radical (unpaired) electrons. The van der Waals surface area contributed by atoms with E-state index in [1.165, 1.54) is 14.3 Å². The van der Waals surface area contributed by atoms with Crippen molar-refractivity contribution in [2.24, 2.45) is 0 Å². The van der Waals surface area contributed by atoms with Crippen molar-refractivity contribution in [1.29, 1.82) is 0 Å². The summed E-state index contributed by atoms with van der Waals surface area (Å²) in [4.78, 5) is 0. The maximum atomic E-state index is 5.37. The number of hydrogen-bond donors (Lipinski definition) is 0. The Balaban J connectivity index is 3.52. The summed E-state index contributed by atoms with van der Waals surface area (Å²) in [6.45, 7) is 0. The number of halogens is 4. The van der Waals surface area contributed by atoms with Gasteiger partial charge in [-0.05, 0) is 96.4 Å². The van der Waals surface area contributed by atoms with E-state index in [-0.39, 0.29) is 0 Å². The molecule has 0 heterocycles. The summed E-state index contributed by atoms with van der Waals surface area (Å²) < 4.78 is 4.96. The van der Waals surface area contributed by atoms with Crippen LogP contribution in [0, 0.1) is 26.6 Å². The Hall–Kier alpha value is 1.70. The Kier molecular flexibility index (Phi) is 4.88. The fourth-order valence-electron chi connectivity index (χ4n) is 0.678. The van der Waals surface area contributed by atoms with E-state index in [0.29, 0.717) is 0 Å². The molecule has 0 saturated carbocycles. The van der Waals surface area contributed by atoms with Gasteiger partial charge in [0.2, 0.25) is 0 Å². The molecular formula is C8H2I4. The van der Waals surface area contributed by atoms with E-state index in [1.54, 1.807) is 0 Å². The summed E-state index contributed by atoms with van der Waals surface area (Å²) in [5, 5.41) is 0. The monoisotopic (exact) mass is 606 g/mol. The molecule has 0 N–H and O–H groups in total. The highest BCUT2D eigenvalue weighted by Crippen LogP contribution is 2.28. The largest absolute Gasteiger partial charge is 0.115 e. The van der Waals surface area contributed by atoms with Crippen LogP contribution in [-0.2, 0) is 0 Å². The summed E-state index contributed by atoms with van der Waals surface area (Å²) in [5.74, 6) is 2.68. The highest BCUT2D eigenvalue weighted by molar-refractivity contribution is 14.1. The van der Waals surface area contributed by atoms with Crippen LogP contribution in [-0.4, -0.2) is 0 Å². The minimum Gasteiger partial charge on any atom is -0.115 e. The van der Waals surface area contributed by atoms with Crippen LogP contribution in [0.5, 0.6) is 0 Å². The molecule has 0 amide bonds. The van der Waals surface area contributed by atoms with Crippen molar-refractivity contribution in [3.05, 3.63) is 25.9 Å². The highest BCUT2D eigenvalue weighted by atomic mass is 127. The van der Waals surface area contributed by atoms with Gasteiger partial charge in [-0.1, -0.05) is 5.92 Å². The van der Waals surface area contributed by atoms with Gasteiger partial charge >= 0.3 is 0 Å². The summed E-state index contributed by atoms with van der Waals surface area (Å²) in [6, 6.07) is 2.05. The third-order valence-electron chi connectivity index (χ3n) is 1.26. The first-order valence-corrected chi connectivity index (χ1v) is 7.19. The van der Waals surface area contributed by atoms with E-state index in [9.17, 15) is 0 Å². The lowest BCUT2D eigenvalue weighted by Crippen LogP contribution is -1.93. The summed E-state index contributed by atoms with van der Waals surface area (Å²) in [6.07, 6.45) is 5.37. The van der Waals surface area contributed by atoms with E-state index in [1.807, 2.05) is 6.07 Å². The first-order chi connectivity index (χ1) is 5.57. The van der Waals surface area contributed by atoms with Crippen LogP contribution in [0.25, 0.3) is 0 Å². The molecule has 0 spiro atoms. The maximum absolute atomic E-state index is 5.37. The van der Waals surface area contributed by atoms with Gasteiger partial charge < -0.3 is 0 Å². The second-order valence-corrected chi connectivity index (χ2v) is 6.39. The third-order valence-corrected chi connectivity index (χ3v) is 8.52. The van der Waals surface area contributed by atoms with Gasteiger partial charge in [-0.2, -0.15) is 0 Å². The fraction of sp³-hybridized carbons (Fsp3) is 0. The number of hydrogen-bond acceptors (Lipinski definition) is 0. The summed E-state index contributed by atoms with van der Waals surface area (Å²) in [7, 11) is 0. The quantitative estimate of drug-likeness (QED) is 0.181. The molecule has 0 atom stereocenters. The zero-order valence-electron chi connectivity index (χ0n) is 5.67. The molecule has 1 aromatic rings. The third kappa shape index (κ3) is 2.38. The Morgan fingerprint density at radius 3 is 2.08 bits per heavy atom. The summed E-state index contributed by atoms with van der Waals surface area (Å²) in [5.41, 5.74) is 0.991. The molecule has 0 nitrogen and oxygen atoms in total. The predicted octanol–water partition coefficient (Wildman–Crippen LogP) is 4.09. The zero-order valence-corrected chi connectivity index (χ0v) is 14.3. The topological polar surface area (TPSA) is 0 Å². The minimum absolute atomic E-state index is 0.991. The molecule has 0 fully saturated rings. The van der Waals surface area contributed by atoms with Crippen LogP contribution < -0.4 is 0 Å². The molecule has 0 bridgehead atoms. The minimum atomic E-state index is 0.991. The molecule has 0 aliphatic rings. The molecule has 1 aromatic carbocycles. The van der Waals surface area contributed by atoms with E-state index < -0.39 is 0 Å². The van der Waals surface area contributed by atoms with Crippen LogP contribution in [0.3, 0.4) is 0 Å². The first kappa shape index (κ1) is 11.8. The van der Waals surface area contributed by atoms with Crippen molar-refractivity contribution >= 4 is 90.4 Å². The Bertz CT molecular complexity index is 362. The smallest absolute Gasteiger partial charge is 0.0431 e. The van der Waals surface area contributed by atoms with Crippen LogP contribution >= 0.6 is 90.4 Å². The molecule has 0 saturated heterocycles. The molecule has 0 aliphatic heterocycles. The SMILES string of the molecule is C#Cc1cc(I)c(I)c(I)c1I. The van der Waals surface area contributed by atoms with E-state index in [2.05, 4.69) is 96.3 Å². The van der Waals surface area contributed by atoms with Gasteiger partial charge in [0.05, 0.1) is 0 Å². The molecule has 4 heteroatoms. The lowest BCUT2D eigenvalue weighted by Gasteiger charge is -2.04. The first-order valence-electron chi connectivity index (χ1n) is 2.87. The average Bonchev–Trinajstić information content (AvgIpc) is 2.08. The van der Waals surface area contributed by atoms with Gasteiger partial charge in [-0.15, -0.1) is 6.42 Å². The standard InChI is InChI=1S/C8H2I4/c1-2-4-3-5(9)7(11)8(12)6(4)10/h1,3H. The number of terminal acetylenes is 1. The molecular weight excluding hydrogens is 604 g/mol. The van der Waals surface area contributed by atoms with Gasteiger partial charge in [0.25, 0.3) is 0 Å². The number of rotatable bonds is 0. The van der Waals surface area contributed by atoms with Gasteiger partial charge in [0, 0.05) is 19.8 Å². The Morgan fingerprint density at radius 1 is 1.00 bits per heavy atom. The van der Waals surface area contributed by atoms with Crippen molar-refractivity contribution < 1.29 is 0 Å². The number of benzene rings is 1.